The monoisotopic (exact) mass is 373 g/mol. The molecular weight excluding hydrogens is 354 g/mol. The largest absolute Gasteiger partial charge is 0.498 e. The van der Waals surface area contributed by atoms with Crippen LogP contribution in [0.25, 0.3) is 16.1 Å². The predicted octanol–water partition coefficient (Wildman–Crippen LogP) is 2.88. The molecule has 0 saturated carbocycles. The van der Waals surface area contributed by atoms with Crippen molar-refractivity contribution < 1.29 is 19.4 Å². The third-order valence-electron chi connectivity index (χ3n) is 3.85. The second-order valence-electron chi connectivity index (χ2n) is 6.49. The van der Waals surface area contributed by atoms with Gasteiger partial charge in [0.2, 0.25) is 5.06 Å². The van der Waals surface area contributed by atoms with E-state index in [-0.39, 0.29) is 22.1 Å². The van der Waals surface area contributed by atoms with E-state index in [1.807, 2.05) is 44.2 Å². The van der Waals surface area contributed by atoms with E-state index in [0.29, 0.717) is 11.4 Å². The van der Waals surface area contributed by atoms with Crippen LogP contribution in [0.1, 0.15) is 26.0 Å². The van der Waals surface area contributed by atoms with Crippen LogP contribution < -0.4 is 10.6 Å². The summed E-state index contributed by atoms with van der Waals surface area (Å²) in [5.74, 6) is -0.265. The number of thiazole rings is 1. The predicted molar refractivity (Wildman–Crippen MR) is 98.5 cm³/mol. The maximum Gasteiger partial charge on any atom is 0.412 e. The van der Waals surface area contributed by atoms with Crippen molar-refractivity contribution in [1.29, 1.82) is 0 Å². The van der Waals surface area contributed by atoms with Crippen molar-refractivity contribution in [3.05, 3.63) is 41.8 Å². The summed E-state index contributed by atoms with van der Waals surface area (Å²) in [6, 6.07) is 9.34. The summed E-state index contributed by atoms with van der Waals surface area (Å²) in [6.07, 6.45) is -0.389. The van der Waals surface area contributed by atoms with Gasteiger partial charge < -0.3 is 20.5 Å². The Morgan fingerprint density at radius 3 is 2.69 bits per heavy atom. The van der Waals surface area contributed by atoms with Crippen LogP contribution in [-0.4, -0.2) is 34.7 Å². The van der Waals surface area contributed by atoms with Gasteiger partial charge in [0.1, 0.15) is 22.0 Å². The van der Waals surface area contributed by atoms with E-state index in [1.165, 1.54) is 7.05 Å². The van der Waals surface area contributed by atoms with Crippen LogP contribution in [0, 0.1) is 0 Å². The van der Waals surface area contributed by atoms with E-state index in [0.717, 1.165) is 16.9 Å². The van der Waals surface area contributed by atoms with Gasteiger partial charge in [0, 0.05) is 24.6 Å². The highest BCUT2D eigenvalue weighted by Gasteiger charge is 2.37. The summed E-state index contributed by atoms with van der Waals surface area (Å²) in [5, 5.41) is 16.1. The maximum atomic E-state index is 12.7. The Morgan fingerprint density at radius 2 is 2.04 bits per heavy atom. The number of rotatable bonds is 3. The van der Waals surface area contributed by atoms with Crippen molar-refractivity contribution in [2.24, 2.45) is 0 Å². The summed E-state index contributed by atoms with van der Waals surface area (Å²) in [5.41, 5.74) is 0.423. The number of nitrogens with one attached hydrogen (secondary N) is 2. The van der Waals surface area contributed by atoms with E-state index >= 15 is 0 Å². The lowest BCUT2D eigenvalue weighted by Crippen LogP contribution is -2.48. The molecule has 0 aliphatic carbocycles. The zero-order valence-corrected chi connectivity index (χ0v) is 15.4. The fourth-order valence-electron chi connectivity index (χ4n) is 2.70. The van der Waals surface area contributed by atoms with Gasteiger partial charge in [-0.05, 0) is 13.8 Å². The first kappa shape index (κ1) is 17.9. The number of ether oxygens (including phenoxy) is 1. The minimum absolute atomic E-state index is 0.0730. The Kier molecular flexibility index (Phi) is 4.69. The van der Waals surface area contributed by atoms with Crippen LogP contribution in [0.3, 0.4) is 0 Å². The molecule has 3 rings (SSSR count). The first-order valence-corrected chi connectivity index (χ1v) is 8.83. The van der Waals surface area contributed by atoms with Crippen molar-refractivity contribution in [2.45, 2.75) is 25.8 Å². The number of carbonyl (C=O) groups is 2. The Bertz CT molecular complexity index is 887. The maximum absolute atomic E-state index is 12.7. The molecule has 1 aromatic carbocycles. The summed E-state index contributed by atoms with van der Waals surface area (Å²) in [6.45, 7) is 3.65. The van der Waals surface area contributed by atoms with Gasteiger partial charge in [-0.2, -0.15) is 0 Å². The van der Waals surface area contributed by atoms with Crippen LogP contribution >= 0.6 is 11.3 Å². The molecule has 0 spiro atoms. The second kappa shape index (κ2) is 6.80. The number of nitrogens with zero attached hydrogens (tertiary/aromatic N) is 1. The SMILES string of the molecule is CNC(=O)OC1=C(c2nc(-c3ccccc3)sc2O)C(=O)NC(C)(C)C1. The zero-order chi connectivity index (χ0) is 18.9. The Labute approximate surface area is 154 Å². The smallest absolute Gasteiger partial charge is 0.412 e. The number of benzene rings is 1. The van der Waals surface area contributed by atoms with Gasteiger partial charge in [-0.25, -0.2) is 9.78 Å². The highest BCUT2D eigenvalue weighted by atomic mass is 32.1. The zero-order valence-electron chi connectivity index (χ0n) is 14.6. The first-order valence-electron chi connectivity index (χ1n) is 8.01. The Morgan fingerprint density at radius 1 is 1.35 bits per heavy atom. The average Bonchev–Trinajstić information content (AvgIpc) is 2.95. The fourth-order valence-corrected chi connectivity index (χ4v) is 3.52. The van der Waals surface area contributed by atoms with Crippen molar-refractivity contribution in [2.75, 3.05) is 7.05 Å². The van der Waals surface area contributed by atoms with E-state index in [2.05, 4.69) is 15.6 Å². The molecule has 0 saturated heterocycles. The molecule has 0 fully saturated rings. The van der Waals surface area contributed by atoms with Gasteiger partial charge in [0.15, 0.2) is 0 Å². The molecule has 2 amide bonds. The number of amides is 2. The number of hydrogen-bond donors (Lipinski definition) is 3. The molecule has 1 aliphatic heterocycles. The molecule has 26 heavy (non-hydrogen) atoms. The summed E-state index contributed by atoms with van der Waals surface area (Å²) in [4.78, 5) is 28.8. The van der Waals surface area contributed by atoms with Crippen molar-refractivity contribution in [3.8, 4) is 15.6 Å². The first-order chi connectivity index (χ1) is 12.3. The van der Waals surface area contributed by atoms with Crippen LogP contribution in [0.5, 0.6) is 5.06 Å². The van der Waals surface area contributed by atoms with Gasteiger partial charge >= 0.3 is 6.09 Å². The summed E-state index contributed by atoms with van der Waals surface area (Å²) in [7, 11) is 1.43. The molecule has 7 nitrogen and oxygen atoms in total. The van der Waals surface area contributed by atoms with Crippen LogP contribution in [0.15, 0.2) is 36.1 Å². The second-order valence-corrected chi connectivity index (χ2v) is 7.47. The highest BCUT2D eigenvalue weighted by molar-refractivity contribution is 7.17. The van der Waals surface area contributed by atoms with Crippen LogP contribution in [0.4, 0.5) is 4.79 Å². The normalized spacial score (nSPS) is 16.2. The van der Waals surface area contributed by atoms with Crippen molar-refractivity contribution >= 4 is 28.9 Å². The van der Waals surface area contributed by atoms with Crippen LogP contribution in [-0.2, 0) is 9.53 Å². The minimum Gasteiger partial charge on any atom is -0.498 e. The van der Waals surface area contributed by atoms with Gasteiger partial charge in [-0.1, -0.05) is 41.7 Å². The topological polar surface area (TPSA) is 101 Å². The molecule has 0 bridgehead atoms. The lowest BCUT2D eigenvalue weighted by atomic mass is 9.91. The molecule has 136 valence electrons. The highest BCUT2D eigenvalue weighted by Crippen LogP contribution is 2.40. The molecule has 3 N–H and O–H groups in total. The number of carbonyl (C=O) groups excluding carboxylic acids is 2. The van der Waals surface area contributed by atoms with Crippen molar-refractivity contribution in [1.82, 2.24) is 15.6 Å². The number of aromatic hydroxyl groups is 1. The quantitative estimate of drug-likeness (QED) is 0.768. The lowest BCUT2D eigenvalue weighted by molar-refractivity contribution is -0.117. The fraction of sp³-hybridized carbons (Fsp3) is 0.278. The van der Waals surface area contributed by atoms with Gasteiger partial charge in [0.25, 0.3) is 5.91 Å². The summed E-state index contributed by atoms with van der Waals surface area (Å²) >= 11 is 1.06. The van der Waals surface area contributed by atoms with E-state index in [1.54, 1.807) is 0 Å². The van der Waals surface area contributed by atoms with E-state index in [9.17, 15) is 14.7 Å². The van der Waals surface area contributed by atoms with E-state index < -0.39 is 17.5 Å². The number of aromatic nitrogens is 1. The molecule has 2 aromatic rings. The minimum atomic E-state index is -0.680. The number of hydrogen-bond acceptors (Lipinski definition) is 6. The van der Waals surface area contributed by atoms with E-state index in [4.69, 9.17) is 4.74 Å². The molecule has 0 radical (unpaired) electrons. The Balaban J connectivity index is 2.10. The molecule has 1 aromatic heterocycles. The Hall–Kier alpha value is -2.87. The third-order valence-corrected chi connectivity index (χ3v) is 4.75. The van der Waals surface area contributed by atoms with Gasteiger partial charge in [0.05, 0.1) is 0 Å². The standard InChI is InChI=1S/C18H19N3O4S/c1-18(2)9-11(25-17(24)19-3)12(14(22)21-18)13-16(23)26-15(20-13)10-7-5-4-6-8-10/h4-8,23H,9H2,1-3H3,(H,19,24)(H,21,22). The third kappa shape index (κ3) is 3.55. The van der Waals surface area contributed by atoms with Crippen molar-refractivity contribution in [3.63, 3.8) is 0 Å². The van der Waals surface area contributed by atoms with Gasteiger partial charge in [-0.3, -0.25) is 4.79 Å². The molecular formula is C18H19N3O4S. The van der Waals surface area contributed by atoms with Gasteiger partial charge in [-0.15, -0.1) is 0 Å². The molecule has 2 heterocycles. The van der Waals surface area contributed by atoms with Crippen LogP contribution in [0.2, 0.25) is 0 Å². The molecule has 0 atom stereocenters. The average molecular weight is 373 g/mol. The molecule has 0 unspecified atom stereocenters. The molecule has 8 heteroatoms. The number of alkyl carbamates (subject to hydrolysis) is 1. The summed E-state index contributed by atoms with van der Waals surface area (Å²) < 4.78 is 5.31. The lowest BCUT2D eigenvalue weighted by Gasteiger charge is -2.32. The molecule has 1 aliphatic rings.